The highest BCUT2D eigenvalue weighted by Gasteiger charge is 2.45. The molecule has 116 valence electrons. The van der Waals surface area contributed by atoms with E-state index in [-0.39, 0.29) is 5.60 Å². The van der Waals surface area contributed by atoms with Crippen LogP contribution in [0.4, 0.5) is 0 Å². The van der Waals surface area contributed by atoms with Crippen LogP contribution in [-0.4, -0.2) is 48.3 Å². The van der Waals surface area contributed by atoms with Gasteiger partial charge >= 0.3 is 0 Å². The lowest BCUT2D eigenvalue weighted by atomic mass is 9.91. The second-order valence-corrected chi connectivity index (χ2v) is 8.20. The first-order valence-corrected chi connectivity index (χ1v) is 8.61. The highest BCUT2D eigenvalue weighted by molar-refractivity contribution is 5.04. The zero-order chi connectivity index (χ0) is 14.2. The van der Waals surface area contributed by atoms with Gasteiger partial charge in [-0.3, -0.25) is 4.90 Å². The summed E-state index contributed by atoms with van der Waals surface area (Å²) in [5.74, 6) is 0.955. The first-order valence-electron chi connectivity index (χ1n) is 8.61. The van der Waals surface area contributed by atoms with Crippen LogP contribution in [0.1, 0.15) is 59.3 Å². The zero-order valence-electron chi connectivity index (χ0n) is 13.6. The van der Waals surface area contributed by atoms with E-state index >= 15 is 0 Å². The van der Waals surface area contributed by atoms with Crippen molar-refractivity contribution in [3.63, 3.8) is 0 Å². The van der Waals surface area contributed by atoms with E-state index in [0.717, 1.165) is 25.1 Å². The van der Waals surface area contributed by atoms with Crippen molar-refractivity contribution in [3.05, 3.63) is 0 Å². The monoisotopic (exact) mass is 280 g/mol. The zero-order valence-corrected chi connectivity index (χ0v) is 13.6. The largest absolute Gasteiger partial charge is 0.375 e. The molecule has 1 atom stereocenters. The first kappa shape index (κ1) is 14.8. The summed E-state index contributed by atoms with van der Waals surface area (Å²) in [5, 5.41) is 3.92. The standard InChI is InChI=1S/C17H32N2O/c1-16(2,3)20-11-10-19-13-17(8-4-5-9-17)18-12-15(19)14-6-7-14/h14-15,18H,4-13H2,1-3H3. The summed E-state index contributed by atoms with van der Waals surface area (Å²) < 4.78 is 5.97. The third-order valence-electron chi connectivity index (χ3n) is 5.30. The molecule has 0 bridgehead atoms. The Hall–Kier alpha value is -0.120. The number of nitrogens with one attached hydrogen (secondary N) is 1. The van der Waals surface area contributed by atoms with Gasteiger partial charge in [-0.15, -0.1) is 0 Å². The van der Waals surface area contributed by atoms with Crippen LogP contribution in [0.5, 0.6) is 0 Å². The van der Waals surface area contributed by atoms with Gasteiger partial charge in [-0.1, -0.05) is 12.8 Å². The van der Waals surface area contributed by atoms with Gasteiger partial charge in [0.1, 0.15) is 0 Å². The molecule has 1 unspecified atom stereocenters. The second-order valence-electron chi connectivity index (χ2n) is 8.20. The summed E-state index contributed by atoms with van der Waals surface area (Å²) in [6.07, 6.45) is 8.45. The molecule has 1 N–H and O–H groups in total. The lowest BCUT2D eigenvalue weighted by molar-refractivity contribution is -0.0295. The Balaban J connectivity index is 1.57. The molecule has 2 aliphatic carbocycles. The molecular weight excluding hydrogens is 248 g/mol. The van der Waals surface area contributed by atoms with Crippen molar-refractivity contribution in [1.29, 1.82) is 0 Å². The summed E-state index contributed by atoms with van der Waals surface area (Å²) in [6, 6.07) is 0.768. The molecule has 3 fully saturated rings. The molecule has 0 amide bonds. The van der Waals surface area contributed by atoms with Gasteiger partial charge in [0.25, 0.3) is 0 Å². The van der Waals surface area contributed by atoms with Gasteiger partial charge in [-0.25, -0.2) is 0 Å². The summed E-state index contributed by atoms with van der Waals surface area (Å²) in [7, 11) is 0. The van der Waals surface area contributed by atoms with Crippen molar-refractivity contribution in [1.82, 2.24) is 10.2 Å². The predicted molar refractivity (Wildman–Crippen MR) is 83.0 cm³/mol. The van der Waals surface area contributed by atoms with Crippen molar-refractivity contribution >= 4 is 0 Å². The molecule has 3 rings (SSSR count). The fourth-order valence-corrected chi connectivity index (χ4v) is 4.06. The molecule has 1 saturated heterocycles. The van der Waals surface area contributed by atoms with E-state index in [1.807, 2.05) is 0 Å². The quantitative estimate of drug-likeness (QED) is 0.857. The fraction of sp³-hybridized carbons (Fsp3) is 1.00. The number of piperazine rings is 1. The third-order valence-corrected chi connectivity index (χ3v) is 5.30. The molecule has 3 aliphatic rings. The van der Waals surface area contributed by atoms with Gasteiger partial charge in [-0.05, 0) is 52.4 Å². The molecular formula is C17H32N2O. The highest BCUT2D eigenvalue weighted by atomic mass is 16.5. The summed E-state index contributed by atoms with van der Waals surface area (Å²) in [4.78, 5) is 2.76. The van der Waals surface area contributed by atoms with E-state index in [1.54, 1.807) is 0 Å². The average molecular weight is 280 g/mol. The van der Waals surface area contributed by atoms with Crippen molar-refractivity contribution in [2.75, 3.05) is 26.2 Å². The van der Waals surface area contributed by atoms with Crippen LogP contribution in [0.2, 0.25) is 0 Å². The molecule has 1 aliphatic heterocycles. The van der Waals surface area contributed by atoms with E-state index in [1.165, 1.54) is 51.6 Å². The Labute approximate surface area is 124 Å². The van der Waals surface area contributed by atoms with Crippen molar-refractivity contribution in [2.45, 2.75) is 76.5 Å². The van der Waals surface area contributed by atoms with Crippen LogP contribution in [0.15, 0.2) is 0 Å². The molecule has 0 aromatic heterocycles. The predicted octanol–water partition coefficient (Wildman–Crippen LogP) is 2.80. The highest BCUT2D eigenvalue weighted by Crippen LogP contribution is 2.40. The Morgan fingerprint density at radius 1 is 1.20 bits per heavy atom. The molecule has 1 heterocycles. The lowest BCUT2D eigenvalue weighted by Crippen LogP contribution is -2.64. The molecule has 0 aromatic carbocycles. The summed E-state index contributed by atoms with van der Waals surface area (Å²) in [5.41, 5.74) is 0.432. The molecule has 0 radical (unpaired) electrons. The van der Waals surface area contributed by atoms with Crippen molar-refractivity contribution in [3.8, 4) is 0 Å². The minimum absolute atomic E-state index is 0.00579. The molecule has 1 spiro atoms. The number of nitrogens with zero attached hydrogens (tertiary/aromatic N) is 1. The fourth-order valence-electron chi connectivity index (χ4n) is 4.06. The van der Waals surface area contributed by atoms with E-state index in [0.29, 0.717) is 5.54 Å². The summed E-state index contributed by atoms with van der Waals surface area (Å²) in [6.45, 7) is 10.9. The topological polar surface area (TPSA) is 24.5 Å². The van der Waals surface area contributed by atoms with E-state index in [9.17, 15) is 0 Å². The van der Waals surface area contributed by atoms with Crippen LogP contribution < -0.4 is 5.32 Å². The average Bonchev–Trinajstić information content (AvgIpc) is 3.10. The SMILES string of the molecule is CC(C)(C)OCCN1CC2(CCCC2)NCC1C1CC1. The van der Waals surface area contributed by atoms with Gasteiger partial charge in [-0.2, -0.15) is 0 Å². The Bertz CT molecular complexity index is 326. The normalized spacial score (nSPS) is 31.1. The van der Waals surface area contributed by atoms with Gasteiger partial charge < -0.3 is 10.1 Å². The van der Waals surface area contributed by atoms with Gasteiger partial charge in [0, 0.05) is 31.2 Å². The van der Waals surface area contributed by atoms with Crippen LogP contribution in [0, 0.1) is 5.92 Å². The van der Waals surface area contributed by atoms with E-state index in [4.69, 9.17) is 4.74 Å². The van der Waals surface area contributed by atoms with Gasteiger partial charge in [0.05, 0.1) is 12.2 Å². The van der Waals surface area contributed by atoms with Crippen molar-refractivity contribution < 1.29 is 4.74 Å². The minimum atomic E-state index is -0.00579. The van der Waals surface area contributed by atoms with Crippen LogP contribution in [0.25, 0.3) is 0 Å². The smallest absolute Gasteiger partial charge is 0.0600 e. The number of ether oxygens (including phenoxy) is 1. The van der Waals surface area contributed by atoms with E-state index < -0.39 is 0 Å². The molecule has 3 nitrogen and oxygen atoms in total. The Morgan fingerprint density at radius 3 is 2.50 bits per heavy atom. The van der Waals surface area contributed by atoms with Gasteiger partial charge in [0.15, 0.2) is 0 Å². The maximum atomic E-state index is 5.97. The maximum absolute atomic E-state index is 5.97. The number of hydrogen-bond acceptors (Lipinski definition) is 3. The van der Waals surface area contributed by atoms with Crippen LogP contribution >= 0.6 is 0 Å². The molecule has 20 heavy (non-hydrogen) atoms. The van der Waals surface area contributed by atoms with Crippen LogP contribution in [-0.2, 0) is 4.74 Å². The lowest BCUT2D eigenvalue weighted by Gasteiger charge is -2.47. The number of hydrogen-bond donors (Lipinski definition) is 1. The molecule has 0 aromatic rings. The second kappa shape index (κ2) is 5.58. The number of rotatable bonds is 4. The Kier molecular flexibility index (Phi) is 4.13. The maximum Gasteiger partial charge on any atom is 0.0600 e. The van der Waals surface area contributed by atoms with E-state index in [2.05, 4.69) is 31.0 Å². The Morgan fingerprint density at radius 2 is 1.90 bits per heavy atom. The van der Waals surface area contributed by atoms with Gasteiger partial charge in [0.2, 0.25) is 0 Å². The molecule has 2 saturated carbocycles. The van der Waals surface area contributed by atoms with Crippen molar-refractivity contribution in [2.24, 2.45) is 5.92 Å². The summed E-state index contributed by atoms with van der Waals surface area (Å²) >= 11 is 0. The third kappa shape index (κ3) is 3.55. The first-order chi connectivity index (χ1) is 9.48. The molecule has 3 heteroatoms. The minimum Gasteiger partial charge on any atom is -0.375 e. The van der Waals surface area contributed by atoms with Crippen LogP contribution in [0.3, 0.4) is 0 Å².